The van der Waals surface area contributed by atoms with Crippen LogP contribution >= 0.6 is 23.2 Å². The Hall–Kier alpha value is -0.700. The largest absolute Gasteiger partial charge is 0.458 e. The van der Waals surface area contributed by atoms with E-state index in [9.17, 15) is 0 Å². The highest BCUT2D eigenvalue weighted by Crippen LogP contribution is 2.35. The monoisotopic (exact) mass is 257 g/mol. The standard InChI is InChI=1S/C12H13Cl2NO/c1-6-9-4-8(13)5-10(14)12(9)16-11(6)7(2)15-3/h4-5,7,15H,1-3H3. The van der Waals surface area contributed by atoms with Crippen LogP contribution < -0.4 is 5.32 Å². The molecule has 2 aromatic rings. The van der Waals surface area contributed by atoms with Crippen molar-refractivity contribution in [2.24, 2.45) is 0 Å². The number of halogens is 2. The molecule has 1 aromatic heterocycles. The van der Waals surface area contributed by atoms with Gasteiger partial charge in [-0.3, -0.25) is 0 Å². The summed E-state index contributed by atoms with van der Waals surface area (Å²) in [5.41, 5.74) is 1.79. The third-order valence-corrected chi connectivity index (χ3v) is 3.32. The van der Waals surface area contributed by atoms with Crippen LogP contribution in [0, 0.1) is 6.92 Å². The van der Waals surface area contributed by atoms with Gasteiger partial charge in [0.1, 0.15) is 5.76 Å². The van der Waals surface area contributed by atoms with Crippen LogP contribution in [0.4, 0.5) is 0 Å². The molecule has 0 spiro atoms. The third kappa shape index (κ3) is 1.81. The fourth-order valence-electron chi connectivity index (χ4n) is 1.81. The smallest absolute Gasteiger partial charge is 0.153 e. The summed E-state index contributed by atoms with van der Waals surface area (Å²) in [4.78, 5) is 0. The lowest BCUT2D eigenvalue weighted by Gasteiger charge is -2.06. The maximum atomic E-state index is 6.10. The van der Waals surface area contributed by atoms with Crippen LogP contribution in [0.2, 0.25) is 10.0 Å². The molecule has 4 heteroatoms. The molecule has 0 aliphatic rings. The molecule has 1 N–H and O–H groups in total. The van der Waals surface area contributed by atoms with Crippen molar-refractivity contribution in [3.05, 3.63) is 33.5 Å². The molecule has 0 amide bonds. The minimum atomic E-state index is 0.155. The summed E-state index contributed by atoms with van der Waals surface area (Å²) < 4.78 is 5.78. The van der Waals surface area contributed by atoms with Gasteiger partial charge in [-0.25, -0.2) is 0 Å². The van der Waals surface area contributed by atoms with Crippen molar-refractivity contribution in [1.29, 1.82) is 0 Å². The Labute approximate surface area is 105 Å². The van der Waals surface area contributed by atoms with Gasteiger partial charge in [-0.1, -0.05) is 23.2 Å². The zero-order valence-corrected chi connectivity index (χ0v) is 10.9. The summed E-state index contributed by atoms with van der Waals surface area (Å²) in [6, 6.07) is 3.73. The lowest BCUT2D eigenvalue weighted by Crippen LogP contribution is -2.12. The van der Waals surface area contributed by atoms with Crippen LogP contribution in [0.1, 0.15) is 24.3 Å². The number of benzene rings is 1. The lowest BCUT2D eigenvalue weighted by molar-refractivity contribution is 0.471. The molecule has 1 atom stereocenters. The van der Waals surface area contributed by atoms with Gasteiger partial charge in [0.2, 0.25) is 0 Å². The van der Waals surface area contributed by atoms with Crippen LogP contribution in [0.5, 0.6) is 0 Å². The van der Waals surface area contributed by atoms with E-state index in [1.807, 2.05) is 27.0 Å². The second-order valence-corrected chi connectivity index (χ2v) is 4.71. The Morgan fingerprint density at radius 3 is 2.62 bits per heavy atom. The average molecular weight is 258 g/mol. The Morgan fingerprint density at radius 2 is 2.00 bits per heavy atom. The van der Waals surface area contributed by atoms with E-state index in [0.29, 0.717) is 15.6 Å². The maximum absolute atomic E-state index is 6.10. The van der Waals surface area contributed by atoms with E-state index in [1.54, 1.807) is 6.07 Å². The number of fused-ring (bicyclic) bond motifs is 1. The van der Waals surface area contributed by atoms with Gasteiger partial charge < -0.3 is 9.73 Å². The SMILES string of the molecule is CNC(C)c1oc2c(Cl)cc(Cl)cc2c1C. The highest BCUT2D eigenvalue weighted by molar-refractivity contribution is 6.38. The van der Waals surface area contributed by atoms with E-state index in [1.165, 1.54) is 0 Å². The second-order valence-electron chi connectivity index (χ2n) is 3.87. The summed E-state index contributed by atoms with van der Waals surface area (Å²) in [7, 11) is 1.89. The zero-order valence-electron chi connectivity index (χ0n) is 9.40. The van der Waals surface area contributed by atoms with Crippen molar-refractivity contribution < 1.29 is 4.42 Å². The molecule has 0 radical (unpaired) electrons. The van der Waals surface area contributed by atoms with Crippen molar-refractivity contribution in [1.82, 2.24) is 5.32 Å². The third-order valence-electron chi connectivity index (χ3n) is 2.82. The van der Waals surface area contributed by atoms with Gasteiger partial charge in [-0.2, -0.15) is 0 Å². The van der Waals surface area contributed by atoms with E-state index >= 15 is 0 Å². The van der Waals surface area contributed by atoms with Gasteiger partial charge in [0.05, 0.1) is 11.1 Å². The van der Waals surface area contributed by atoms with Crippen molar-refractivity contribution in [2.75, 3.05) is 7.05 Å². The van der Waals surface area contributed by atoms with Gasteiger partial charge in [-0.05, 0) is 33.0 Å². The fourth-order valence-corrected chi connectivity index (χ4v) is 2.34. The highest BCUT2D eigenvalue weighted by Gasteiger charge is 2.17. The van der Waals surface area contributed by atoms with Crippen molar-refractivity contribution in [3.8, 4) is 0 Å². The second kappa shape index (κ2) is 4.28. The molecule has 16 heavy (non-hydrogen) atoms. The molecule has 1 unspecified atom stereocenters. The zero-order chi connectivity index (χ0) is 11.9. The number of hydrogen-bond acceptors (Lipinski definition) is 2. The quantitative estimate of drug-likeness (QED) is 0.867. The topological polar surface area (TPSA) is 25.2 Å². The number of hydrogen-bond donors (Lipinski definition) is 1. The Balaban J connectivity index is 2.72. The van der Waals surface area contributed by atoms with Gasteiger partial charge in [-0.15, -0.1) is 0 Å². The minimum Gasteiger partial charge on any atom is -0.458 e. The molecule has 86 valence electrons. The van der Waals surface area contributed by atoms with Crippen LogP contribution in [0.25, 0.3) is 11.0 Å². The van der Waals surface area contributed by atoms with Gasteiger partial charge >= 0.3 is 0 Å². The van der Waals surface area contributed by atoms with Gasteiger partial charge in [0.25, 0.3) is 0 Å². The first-order valence-electron chi connectivity index (χ1n) is 5.10. The van der Waals surface area contributed by atoms with E-state index < -0.39 is 0 Å². The van der Waals surface area contributed by atoms with Crippen LogP contribution in [-0.2, 0) is 0 Å². The molecule has 0 bridgehead atoms. The minimum absolute atomic E-state index is 0.155. The number of furan rings is 1. The first-order valence-corrected chi connectivity index (χ1v) is 5.85. The summed E-state index contributed by atoms with van der Waals surface area (Å²) in [6.07, 6.45) is 0. The summed E-state index contributed by atoms with van der Waals surface area (Å²) in [5.74, 6) is 0.904. The van der Waals surface area contributed by atoms with Crippen molar-refractivity contribution in [2.45, 2.75) is 19.9 Å². The first kappa shape index (κ1) is 11.8. The van der Waals surface area contributed by atoms with E-state index in [0.717, 1.165) is 16.7 Å². The van der Waals surface area contributed by atoms with Gasteiger partial charge in [0.15, 0.2) is 5.58 Å². The normalized spacial score (nSPS) is 13.3. The molecule has 0 aliphatic heterocycles. The van der Waals surface area contributed by atoms with Crippen molar-refractivity contribution in [3.63, 3.8) is 0 Å². The predicted molar refractivity (Wildman–Crippen MR) is 68.4 cm³/mol. The molecule has 2 rings (SSSR count). The average Bonchev–Trinajstić information content (AvgIpc) is 2.56. The van der Waals surface area contributed by atoms with Crippen LogP contribution in [-0.4, -0.2) is 7.05 Å². The molecular weight excluding hydrogens is 245 g/mol. The summed E-state index contributed by atoms with van der Waals surface area (Å²) >= 11 is 12.1. The Morgan fingerprint density at radius 1 is 1.31 bits per heavy atom. The number of aryl methyl sites for hydroxylation is 1. The number of nitrogens with one attached hydrogen (secondary N) is 1. The van der Waals surface area contributed by atoms with Gasteiger partial charge in [0, 0.05) is 16.0 Å². The summed E-state index contributed by atoms with van der Waals surface area (Å²) in [6.45, 7) is 4.06. The number of rotatable bonds is 2. The molecule has 0 fully saturated rings. The van der Waals surface area contributed by atoms with Crippen LogP contribution in [0.15, 0.2) is 16.5 Å². The highest BCUT2D eigenvalue weighted by atomic mass is 35.5. The van der Waals surface area contributed by atoms with Crippen molar-refractivity contribution >= 4 is 34.2 Å². The molecule has 0 saturated carbocycles. The molecule has 2 nitrogen and oxygen atoms in total. The molecule has 0 aliphatic carbocycles. The molecule has 1 heterocycles. The molecular formula is C12H13Cl2NO. The van der Waals surface area contributed by atoms with E-state index in [-0.39, 0.29) is 6.04 Å². The lowest BCUT2D eigenvalue weighted by atomic mass is 10.1. The summed E-state index contributed by atoms with van der Waals surface area (Å²) in [5, 5.41) is 5.31. The Bertz CT molecular complexity index is 533. The maximum Gasteiger partial charge on any atom is 0.153 e. The molecule has 1 aromatic carbocycles. The first-order chi connectivity index (χ1) is 7.54. The Kier molecular flexibility index (Phi) is 3.15. The van der Waals surface area contributed by atoms with Crippen LogP contribution in [0.3, 0.4) is 0 Å². The van der Waals surface area contributed by atoms with E-state index in [2.05, 4.69) is 5.32 Å². The van der Waals surface area contributed by atoms with E-state index in [4.69, 9.17) is 27.6 Å². The molecule has 0 saturated heterocycles. The fraction of sp³-hybridized carbons (Fsp3) is 0.333. The predicted octanol–water partition coefficient (Wildman–Crippen LogP) is 4.33.